The van der Waals surface area contributed by atoms with Crippen LogP contribution in [0.2, 0.25) is 0 Å². The second-order valence-electron chi connectivity index (χ2n) is 6.37. The highest BCUT2D eigenvalue weighted by Crippen LogP contribution is 2.28. The lowest BCUT2D eigenvalue weighted by Crippen LogP contribution is -2.32. The van der Waals surface area contributed by atoms with Crippen LogP contribution in [0.3, 0.4) is 0 Å². The van der Waals surface area contributed by atoms with E-state index in [1.54, 1.807) is 11.3 Å². The lowest BCUT2D eigenvalue weighted by molar-refractivity contribution is -0.583. The van der Waals surface area contributed by atoms with Gasteiger partial charge in [0.1, 0.15) is 40.5 Å². The molecule has 0 aliphatic carbocycles. The SMILES string of the molecule is Cc1c2c(-c3noc(-c4ccc(F)cc4F)n3)ncn2c2ccc(F)cc2[n+]1[O-]. The first-order valence-electron chi connectivity index (χ1n) is 8.42. The van der Waals surface area contributed by atoms with Gasteiger partial charge < -0.3 is 9.73 Å². The number of aryl methyl sites for hydroxylation is 1. The molecule has 0 atom stereocenters. The molecule has 0 radical (unpaired) electrons. The molecule has 10 heteroatoms. The number of benzene rings is 2. The first kappa shape index (κ1) is 17.2. The van der Waals surface area contributed by atoms with Gasteiger partial charge in [-0.3, -0.25) is 4.40 Å². The molecule has 7 nitrogen and oxygen atoms in total. The third kappa shape index (κ3) is 2.53. The summed E-state index contributed by atoms with van der Waals surface area (Å²) in [5, 5.41) is 16.5. The quantitative estimate of drug-likeness (QED) is 0.336. The van der Waals surface area contributed by atoms with Gasteiger partial charge in [-0.05, 0) is 24.3 Å². The van der Waals surface area contributed by atoms with Crippen molar-refractivity contribution in [1.29, 1.82) is 0 Å². The van der Waals surface area contributed by atoms with Crippen molar-refractivity contribution < 1.29 is 22.4 Å². The number of aromatic nitrogens is 5. The summed E-state index contributed by atoms with van der Waals surface area (Å²) in [4.78, 5) is 8.40. The van der Waals surface area contributed by atoms with E-state index in [1.807, 2.05) is 0 Å². The highest BCUT2D eigenvalue weighted by Gasteiger charge is 2.24. The van der Waals surface area contributed by atoms with Crippen LogP contribution in [0.5, 0.6) is 0 Å². The van der Waals surface area contributed by atoms with Gasteiger partial charge in [0.2, 0.25) is 17.0 Å². The number of hydrogen-bond acceptors (Lipinski definition) is 5. The van der Waals surface area contributed by atoms with E-state index < -0.39 is 17.5 Å². The first-order chi connectivity index (χ1) is 13.9. The minimum atomic E-state index is -0.850. The van der Waals surface area contributed by atoms with Gasteiger partial charge in [-0.15, -0.1) is 0 Å². The minimum absolute atomic E-state index is 0.0239. The lowest BCUT2D eigenvalue weighted by atomic mass is 10.2. The second kappa shape index (κ2) is 6.03. The van der Waals surface area contributed by atoms with Crippen molar-refractivity contribution in [1.82, 2.24) is 19.5 Å². The second-order valence-corrected chi connectivity index (χ2v) is 6.37. The van der Waals surface area contributed by atoms with Gasteiger partial charge in [-0.1, -0.05) is 5.16 Å². The van der Waals surface area contributed by atoms with Crippen molar-refractivity contribution in [2.75, 3.05) is 0 Å². The van der Waals surface area contributed by atoms with Crippen LogP contribution in [0.15, 0.2) is 47.2 Å². The van der Waals surface area contributed by atoms with Crippen LogP contribution in [-0.2, 0) is 0 Å². The number of hydrogen-bond donors (Lipinski definition) is 0. The Hall–Kier alpha value is -3.95. The zero-order valence-electron chi connectivity index (χ0n) is 14.7. The topological polar surface area (TPSA) is 83.2 Å². The van der Waals surface area contributed by atoms with Gasteiger partial charge in [-0.2, -0.15) is 9.71 Å². The molecule has 0 aliphatic heterocycles. The van der Waals surface area contributed by atoms with Gasteiger partial charge in [0, 0.05) is 19.1 Å². The maximum Gasteiger partial charge on any atom is 0.261 e. The molecule has 0 N–H and O–H groups in total. The van der Waals surface area contributed by atoms with E-state index in [4.69, 9.17) is 4.52 Å². The summed E-state index contributed by atoms with van der Waals surface area (Å²) in [6.45, 7) is 1.55. The molecule has 5 aromatic rings. The molecule has 0 saturated heterocycles. The average Bonchev–Trinajstić information content (AvgIpc) is 3.33. The van der Waals surface area contributed by atoms with Gasteiger partial charge in [0.05, 0.1) is 5.56 Å². The third-order valence-corrected chi connectivity index (χ3v) is 4.63. The smallest absolute Gasteiger partial charge is 0.261 e. The van der Waals surface area contributed by atoms with Crippen LogP contribution >= 0.6 is 0 Å². The van der Waals surface area contributed by atoms with E-state index >= 15 is 0 Å². The van der Waals surface area contributed by atoms with Crippen LogP contribution in [0.4, 0.5) is 13.2 Å². The summed E-state index contributed by atoms with van der Waals surface area (Å²) in [5.74, 6) is -2.25. The fraction of sp³-hybridized carbons (Fsp3) is 0.0526. The van der Waals surface area contributed by atoms with E-state index in [-0.39, 0.29) is 34.2 Å². The van der Waals surface area contributed by atoms with Gasteiger partial charge in [0.25, 0.3) is 5.89 Å². The molecule has 0 saturated carbocycles. The van der Waals surface area contributed by atoms with Gasteiger partial charge >= 0.3 is 0 Å². The highest BCUT2D eigenvalue weighted by molar-refractivity contribution is 5.82. The van der Waals surface area contributed by atoms with Crippen LogP contribution in [0, 0.1) is 29.6 Å². The molecule has 0 bridgehead atoms. The molecule has 0 spiro atoms. The predicted octanol–water partition coefficient (Wildman–Crippen LogP) is 3.56. The van der Waals surface area contributed by atoms with Gasteiger partial charge in [0.15, 0.2) is 0 Å². The standard InChI is InChI=1S/C19H10F3N5O2/c1-9-17-16(18-24-19(29-25-18)12-4-2-10(20)6-13(12)22)23-8-26(17)14-5-3-11(21)7-15(14)27(9)28/h2-8H,1H3. The Labute approximate surface area is 160 Å². The Morgan fingerprint density at radius 1 is 1.07 bits per heavy atom. The maximum absolute atomic E-state index is 14.0. The molecular formula is C19H10F3N5O2. The van der Waals surface area contributed by atoms with E-state index in [0.717, 1.165) is 12.1 Å². The van der Waals surface area contributed by atoms with Crippen molar-refractivity contribution in [3.05, 3.63) is 71.1 Å². The molecule has 3 aromatic heterocycles. The van der Waals surface area contributed by atoms with Crippen molar-refractivity contribution >= 4 is 16.6 Å². The summed E-state index contributed by atoms with van der Waals surface area (Å²) in [6, 6.07) is 6.81. The van der Waals surface area contributed by atoms with E-state index in [9.17, 15) is 18.4 Å². The molecule has 0 unspecified atom stereocenters. The van der Waals surface area contributed by atoms with E-state index in [2.05, 4.69) is 15.1 Å². The number of halogens is 3. The average molecular weight is 397 g/mol. The first-order valence-corrected chi connectivity index (χ1v) is 8.42. The Morgan fingerprint density at radius 2 is 1.83 bits per heavy atom. The third-order valence-electron chi connectivity index (χ3n) is 4.63. The number of rotatable bonds is 2. The molecular weight excluding hydrogens is 387 g/mol. The fourth-order valence-corrected chi connectivity index (χ4v) is 3.27. The Bertz CT molecular complexity index is 1430. The molecule has 5 rings (SSSR count). The molecule has 0 aliphatic rings. The van der Waals surface area contributed by atoms with Crippen molar-refractivity contribution in [2.24, 2.45) is 0 Å². The van der Waals surface area contributed by atoms with Crippen LogP contribution in [0.25, 0.3) is 39.5 Å². The maximum atomic E-state index is 14.0. The van der Waals surface area contributed by atoms with Crippen molar-refractivity contribution in [2.45, 2.75) is 6.92 Å². The molecule has 0 amide bonds. The van der Waals surface area contributed by atoms with Gasteiger partial charge in [-0.25, -0.2) is 18.2 Å². The summed E-state index contributed by atoms with van der Waals surface area (Å²) >= 11 is 0. The van der Waals surface area contributed by atoms with Crippen LogP contribution in [-0.4, -0.2) is 19.5 Å². The molecule has 3 heterocycles. The molecule has 144 valence electrons. The van der Waals surface area contributed by atoms with E-state index in [0.29, 0.717) is 21.8 Å². The minimum Gasteiger partial charge on any atom is -0.618 e. The predicted molar refractivity (Wildman–Crippen MR) is 95.0 cm³/mol. The van der Waals surface area contributed by atoms with Crippen molar-refractivity contribution in [3.8, 4) is 23.0 Å². The summed E-state index contributed by atoms with van der Waals surface area (Å²) < 4.78 is 48.0. The number of imidazole rings is 1. The zero-order valence-corrected chi connectivity index (χ0v) is 14.7. The van der Waals surface area contributed by atoms with Crippen LogP contribution < -0.4 is 4.73 Å². The summed E-state index contributed by atoms with van der Waals surface area (Å²) in [7, 11) is 0. The number of fused-ring (bicyclic) bond motifs is 3. The summed E-state index contributed by atoms with van der Waals surface area (Å²) in [6.07, 6.45) is 1.45. The highest BCUT2D eigenvalue weighted by atomic mass is 19.1. The normalized spacial score (nSPS) is 11.6. The Kier molecular flexibility index (Phi) is 3.57. The monoisotopic (exact) mass is 397 g/mol. The summed E-state index contributed by atoms with van der Waals surface area (Å²) in [5.41, 5.74) is 1.39. The zero-order chi connectivity index (χ0) is 20.3. The lowest BCUT2D eigenvalue weighted by Gasteiger charge is -2.08. The Balaban J connectivity index is 1.72. The molecule has 2 aromatic carbocycles. The number of nitrogens with zero attached hydrogens (tertiary/aromatic N) is 5. The molecule has 0 fully saturated rings. The Morgan fingerprint density at radius 3 is 2.62 bits per heavy atom. The largest absolute Gasteiger partial charge is 0.618 e. The van der Waals surface area contributed by atoms with Crippen LogP contribution in [0.1, 0.15) is 5.69 Å². The van der Waals surface area contributed by atoms with E-state index in [1.165, 1.54) is 24.5 Å². The fourth-order valence-electron chi connectivity index (χ4n) is 3.27. The molecule has 29 heavy (non-hydrogen) atoms. The van der Waals surface area contributed by atoms with Crippen molar-refractivity contribution in [3.63, 3.8) is 0 Å².